The molecule has 1 aromatic rings. The zero-order chi connectivity index (χ0) is 15.2. The molecule has 0 aromatic heterocycles. The van der Waals surface area contributed by atoms with Crippen LogP contribution in [0.1, 0.15) is 32.6 Å². The number of amides is 1. The molecule has 0 radical (unpaired) electrons. The van der Waals surface area contributed by atoms with Crippen molar-refractivity contribution in [3.05, 3.63) is 29.3 Å². The van der Waals surface area contributed by atoms with Crippen LogP contribution in [-0.4, -0.2) is 24.6 Å². The van der Waals surface area contributed by atoms with E-state index in [1.807, 2.05) is 12.1 Å². The first-order valence-corrected chi connectivity index (χ1v) is 7.91. The minimum Gasteiger partial charge on any atom is -0.479 e. The molecule has 1 amide bonds. The summed E-state index contributed by atoms with van der Waals surface area (Å²) in [6, 6.07) is 7.32. The first kappa shape index (κ1) is 19.1. The van der Waals surface area contributed by atoms with Gasteiger partial charge in [-0.15, -0.1) is 12.4 Å². The third-order valence-electron chi connectivity index (χ3n) is 4.05. The van der Waals surface area contributed by atoms with Gasteiger partial charge in [0, 0.05) is 6.04 Å². The van der Waals surface area contributed by atoms with E-state index < -0.39 is 6.10 Å². The molecule has 0 spiro atoms. The molecule has 0 heterocycles. The molecule has 4 nitrogen and oxygen atoms in total. The number of nitrogens with one attached hydrogen (secondary N) is 1. The van der Waals surface area contributed by atoms with Crippen molar-refractivity contribution in [1.29, 1.82) is 0 Å². The van der Waals surface area contributed by atoms with Crippen LogP contribution in [0.2, 0.25) is 5.02 Å². The Balaban J connectivity index is 0.00000242. The van der Waals surface area contributed by atoms with Gasteiger partial charge in [-0.25, -0.2) is 0 Å². The number of nitrogens with two attached hydrogens (primary N) is 1. The molecule has 1 aromatic carbocycles. The van der Waals surface area contributed by atoms with Crippen molar-refractivity contribution in [3.63, 3.8) is 0 Å². The lowest BCUT2D eigenvalue weighted by molar-refractivity contribution is -0.128. The van der Waals surface area contributed by atoms with Crippen LogP contribution in [0.25, 0.3) is 0 Å². The molecule has 22 heavy (non-hydrogen) atoms. The summed E-state index contributed by atoms with van der Waals surface area (Å²) in [5.41, 5.74) is 5.79. The van der Waals surface area contributed by atoms with Crippen molar-refractivity contribution in [2.75, 3.05) is 6.54 Å². The predicted octanol–water partition coefficient (Wildman–Crippen LogP) is 3.16. The molecular weight excluding hydrogens is 323 g/mol. The number of rotatable bonds is 5. The number of hydrogen-bond donors (Lipinski definition) is 2. The third kappa shape index (κ3) is 5.04. The minimum atomic E-state index is -0.578. The normalized spacial score (nSPS) is 22.3. The topological polar surface area (TPSA) is 64.3 Å². The van der Waals surface area contributed by atoms with Gasteiger partial charge in [0.1, 0.15) is 5.75 Å². The first-order valence-electron chi connectivity index (χ1n) is 7.53. The number of halogens is 2. The van der Waals surface area contributed by atoms with Gasteiger partial charge in [-0.2, -0.15) is 0 Å². The molecule has 1 fully saturated rings. The summed E-state index contributed by atoms with van der Waals surface area (Å²) in [5.74, 6) is 0.788. The van der Waals surface area contributed by atoms with Crippen molar-refractivity contribution >= 4 is 29.9 Å². The van der Waals surface area contributed by atoms with E-state index in [0.717, 1.165) is 19.3 Å². The second-order valence-corrected chi connectivity index (χ2v) is 5.99. The van der Waals surface area contributed by atoms with E-state index in [1.165, 1.54) is 6.42 Å². The highest BCUT2D eigenvalue weighted by molar-refractivity contribution is 6.32. The Morgan fingerprint density at radius 1 is 1.41 bits per heavy atom. The second-order valence-electron chi connectivity index (χ2n) is 5.59. The van der Waals surface area contributed by atoms with Gasteiger partial charge >= 0.3 is 0 Å². The van der Waals surface area contributed by atoms with Crippen LogP contribution in [0.5, 0.6) is 5.75 Å². The number of ether oxygens (including phenoxy) is 1. The van der Waals surface area contributed by atoms with Crippen LogP contribution in [0.4, 0.5) is 0 Å². The van der Waals surface area contributed by atoms with Crippen molar-refractivity contribution < 1.29 is 9.53 Å². The van der Waals surface area contributed by atoms with E-state index in [4.69, 9.17) is 22.1 Å². The fourth-order valence-corrected chi connectivity index (χ4v) is 2.94. The zero-order valence-electron chi connectivity index (χ0n) is 12.8. The quantitative estimate of drug-likeness (QED) is 0.860. The van der Waals surface area contributed by atoms with Crippen molar-refractivity contribution in [2.45, 2.75) is 44.8 Å². The number of carbonyl (C=O) groups excluding carboxylic acids is 1. The smallest absolute Gasteiger partial charge is 0.261 e. The highest BCUT2D eigenvalue weighted by Gasteiger charge is 2.27. The van der Waals surface area contributed by atoms with Crippen molar-refractivity contribution in [2.24, 2.45) is 11.7 Å². The molecule has 2 rings (SSSR count). The summed E-state index contributed by atoms with van der Waals surface area (Å²) in [5, 5.41) is 3.58. The van der Waals surface area contributed by atoms with E-state index in [1.54, 1.807) is 19.1 Å². The Labute approximate surface area is 143 Å². The van der Waals surface area contributed by atoms with Gasteiger partial charge in [0.05, 0.1) is 5.02 Å². The summed E-state index contributed by atoms with van der Waals surface area (Å²) in [4.78, 5) is 12.3. The molecule has 1 saturated carbocycles. The van der Waals surface area contributed by atoms with Crippen LogP contribution in [0.15, 0.2) is 24.3 Å². The van der Waals surface area contributed by atoms with Crippen LogP contribution < -0.4 is 15.8 Å². The predicted molar refractivity (Wildman–Crippen MR) is 91.7 cm³/mol. The molecule has 3 atom stereocenters. The Kier molecular flexibility index (Phi) is 8.01. The molecule has 1 aliphatic carbocycles. The maximum absolute atomic E-state index is 12.3. The summed E-state index contributed by atoms with van der Waals surface area (Å²) >= 11 is 6.04. The maximum Gasteiger partial charge on any atom is 0.261 e. The molecule has 0 aliphatic heterocycles. The molecule has 3 N–H and O–H groups in total. The second kappa shape index (κ2) is 9.23. The fraction of sp³-hybridized carbons (Fsp3) is 0.562. The third-order valence-corrected chi connectivity index (χ3v) is 4.36. The van der Waals surface area contributed by atoms with Crippen LogP contribution in [0.3, 0.4) is 0 Å². The van der Waals surface area contributed by atoms with E-state index in [-0.39, 0.29) is 24.4 Å². The largest absolute Gasteiger partial charge is 0.479 e. The van der Waals surface area contributed by atoms with Gasteiger partial charge in [-0.1, -0.05) is 36.6 Å². The lowest BCUT2D eigenvalue weighted by atomic mass is 9.84. The summed E-state index contributed by atoms with van der Waals surface area (Å²) in [6.45, 7) is 2.35. The van der Waals surface area contributed by atoms with Crippen LogP contribution in [-0.2, 0) is 4.79 Å². The van der Waals surface area contributed by atoms with Gasteiger partial charge in [0.2, 0.25) is 0 Å². The number of hydrogen-bond acceptors (Lipinski definition) is 3. The summed E-state index contributed by atoms with van der Waals surface area (Å²) in [6.07, 6.45) is 3.83. The molecule has 3 unspecified atom stereocenters. The number of para-hydroxylation sites is 1. The van der Waals surface area contributed by atoms with Gasteiger partial charge in [0.25, 0.3) is 5.91 Å². The molecule has 1 aliphatic rings. The average Bonchev–Trinajstić information content (AvgIpc) is 2.50. The lowest BCUT2D eigenvalue weighted by Crippen LogP contribution is -2.48. The van der Waals surface area contributed by atoms with Gasteiger partial charge < -0.3 is 15.8 Å². The molecule has 0 saturated heterocycles. The van der Waals surface area contributed by atoms with Crippen molar-refractivity contribution in [1.82, 2.24) is 5.32 Å². The number of benzene rings is 1. The maximum atomic E-state index is 12.3. The molecule has 124 valence electrons. The Morgan fingerprint density at radius 3 is 2.77 bits per heavy atom. The fourth-order valence-electron chi connectivity index (χ4n) is 2.76. The van der Waals surface area contributed by atoms with Gasteiger partial charge in [0.15, 0.2) is 6.10 Å². The van der Waals surface area contributed by atoms with Gasteiger partial charge in [-0.3, -0.25) is 4.79 Å². The minimum absolute atomic E-state index is 0. The van der Waals surface area contributed by atoms with E-state index >= 15 is 0 Å². The molecule has 6 heteroatoms. The van der Waals surface area contributed by atoms with E-state index in [2.05, 4.69) is 5.32 Å². The molecule has 0 bridgehead atoms. The van der Waals surface area contributed by atoms with Gasteiger partial charge in [-0.05, 0) is 44.4 Å². The SMILES string of the molecule is CC(Oc1ccccc1Cl)C(=O)NC1CCCCC1CN.Cl. The average molecular weight is 347 g/mol. The Bertz CT molecular complexity index is 485. The molecular formula is C16H24Cl2N2O2. The van der Waals surface area contributed by atoms with Crippen molar-refractivity contribution in [3.8, 4) is 5.75 Å². The standard InChI is InChI=1S/C16H23ClN2O2.ClH/c1-11(21-15-9-5-3-7-13(15)17)16(20)19-14-8-4-2-6-12(14)10-18;/h3,5,7,9,11-12,14H,2,4,6,8,10,18H2,1H3,(H,19,20);1H. The zero-order valence-corrected chi connectivity index (χ0v) is 14.3. The monoisotopic (exact) mass is 346 g/mol. The first-order chi connectivity index (χ1) is 10.1. The van der Waals surface area contributed by atoms with Crippen LogP contribution in [0, 0.1) is 5.92 Å². The highest BCUT2D eigenvalue weighted by Crippen LogP contribution is 2.25. The van der Waals surface area contributed by atoms with Crippen LogP contribution >= 0.6 is 24.0 Å². The van der Waals surface area contributed by atoms with E-state index in [0.29, 0.717) is 23.2 Å². The lowest BCUT2D eigenvalue weighted by Gasteiger charge is -2.32. The Hall–Kier alpha value is -0.970. The Morgan fingerprint density at radius 2 is 2.09 bits per heavy atom. The number of carbonyl (C=O) groups is 1. The summed E-state index contributed by atoms with van der Waals surface area (Å²) < 4.78 is 5.64. The highest BCUT2D eigenvalue weighted by atomic mass is 35.5. The van der Waals surface area contributed by atoms with E-state index in [9.17, 15) is 4.79 Å². The summed E-state index contributed by atoms with van der Waals surface area (Å²) in [7, 11) is 0.